The van der Waals surface area contributed by atoms with Gasteiger partial charge < -0.3 is 5.32 Å². The molecule has 0 fully saturated rings. The molecule has 1 unspecified atom stereocenters. The van der Waals surface area contributed by atoms with Crippen molar-refractivity contribution >= 4 is 17.3 Å². The molecule has 1 N–H and O–H groups in total. The normalized spacial score (nSPS) is 12.2. The molecule has 0 heterocycles. The van der Waals surface area contributed by atoms with E-state index < -0.39 is 0 Å². The summed E-state index contributed by atoms with van der Waals surface area (Å²) in [7, 11) is 0. The molecule has 0 aliphatic rings. The zero-order valence-electron chi connectivity index (χ0n) is 11.8. The molecule has 0 saturated carbocycles. The van der Waals surface area contributed by atoms with E-state index in [1.165, 1.54) is 23.3 Å². The fraction of sp³-hybridized carbons (Fsp3) is 0.294. The molecule has 2 rings (SSSR count). The molecule has 0 bridgehead atoms. The van der Waals surface area contributed by atoms with Crippen molar-refractivity contribution < 1.29 is 4.39 Å². The van der Waals surface area contributed by atoms with Gasteiger partial charge in [-0.2, -0.15) is 0 Å². The summed E-state index contributed by atoms with van der Waals surface area (Å²) in [4.78, 5) is 0. The quantitative estimate of drug-likeness (QED) is 0.755. The van der Waals surface area contributed by atoms with E-state index in [0.29, 0.717) is 10.7 Å². The maximum absolute atomic E-state index is 13.3. The molecule has 0 aliphatic heterocycles. The molecule has 1 atom stereocenters. The van der Waals surface area contributed by atoms with Crippen LogP contribution in [-0.2, 0) is 6.42 Å². The van der Waals surface area contributed by atoms with Crippen molar-refractivity contribution in [2.45, 2.75) is 32.7 Å². The number of nitrogens with one attached hydrogen (secondary N) is 1. The van der Waals surface area contributed by atoms with Gasteiger partial charge >= 0.3 is 0 Å². The highest BCUT2D eigenvalue weighted by Gasteiger charge is 2.11. The maximum atomic E-state index is 13.3. The van der Waals surface area contributed by atoms with Gasteiger partial charge in [-0.1, -0.05) is 49.7 Å². The Balaban J connectivity index is 2.21. The smallest absolute Gasteiger partial charge is 0.125 e. The van der Waals surface area contributed by atoms with Crippen molar-refractivity contribution in [1.29, 1.82) is 0 Å². The minimum atomic E-state index is -0.284. The van der Waals surface area contributed by atoms with E-state index >= 15 is 0 Å². The monoisotopic (exact) mass is 291 g/mol. The summed E-state index contributed by atoms with van der Waals surface area (Å²) in [5, 5.41) is 3.86. The molecule has 20 heavy (non-hydrogen) atoms. The van der Waals surface area contributed by atoms with Gasteiger partial charge in [-0.15, -0.1) is 0 Å². The van der Waals surface area contributed by atoms with Crippen LogP contribution in [0, 0.1) is 5.82 Å². The second-order valence-electron chi connectivity index (χ2n) is 4.82. The average Bonchev–Trinajstić information content (AvgIpc) is 2.48. The molecule has 0 aromatic heterocycles. The van der Waals surface area contributed by atoms with Crippen LogP contribution in [0.3, 0.4) is 0 Å². The summed E-state index contributed by atoms with van der Waals surface area (Å²) in [5.41, 5.74) is 3.13. The molecular formula is C17H19ClFN. The minimum absolute atomic E-state index is 0.125. The third kappa shape index (κ3) is 3.51. The maximum Gasteiger partial charge on any atom is 0.125 e. The predicted octanol–water partition coefficient (Wildman–Crippen LogP) is 5.60. The lowest BCUT2D eigenvalue weighted by atomic mass is 10.0. The van der Waals surface area contributed by atoms with Crippen LogP contribution < -0.4 is 5.32 Å². The highest BCUT2D eigenvalue weighted by Crippen LogP contribution is 2.28. The summed E-state index contributed by atoms with van der Waals surface area (Å²) in [6, 6.07) is 13.0. The van der Waals surface area contributed by atoms with Crippen LogP contribution in [0.4, 0.5) is 10.1 Å². The summed E-state index contributed by atoms with van der Waals surface area (Å²) in [5.74, 6) is -0.284. The number of hydrogen-bond donors (Lipinski definition) is 1. The van der Waals surface area contributed by atoms with Crippen molar-refractivity contribution in [2.75, 3.05) is 5.32 Å². The largest absolute Gasteiger partial charge is 0.377 e. The summed E-state index contributed by atoms with van der Waals surface area (Å²) < 4.78 is 13.3. The Morgan fingerprint density at radius 1 is 1.10 bits per heavy atom. The SMILES string of the molecule is CCc1ccc(C(CC)Nc2cc(F)ccc2Cl)cc1. The highest BCUT2D eigenvalue weighted by atomic mass is 35.5. The van der Waals surface area contributed by atoms with Gasteiger partial charge in [-0.05, 0) is 42.2 Å². The second kappa shape index (κ2) is 6.76. The number of anilines is 1. The molecule has 0 saturated heterocycles. The number of hydrogen-bond acceptors (Lipinski definition) is 1. The third-order valence-electron chi connectivity index (χ3n) is 3.46. The van der Waals surface area contributed by atoms with Crippen LogP contribution >= 0.6 is 11.6 Å². The zero-order chi connectivity index (χ0) is 14.5. The molecule has 0 radical (unpaired) electrons. The first-order chi connectivity index (χ1) is 9.63. The Kier molecular flexibility index (Phi) is 5.02. The van der Waals surface area contributed by atoms with E-state index in [4.69, 9.17) is 11.6 Å². The second-order valence-corrected chi connectivity index (χ2v) is 5.23. The van der Waals surface area contributed by atoms with Gasteiger partial charge in [-0.25, -0.2) is 4.39 Å². The van der Waals surface area contributed by atoms with Gasteiger partial charge in [0.15, 0.2) is 0 Å². The fourth-order valence-electron chi connectivity index (χ4n) is 2.20. The van der Waals surface area contributed by atoms with Crippen LogP contribution in [0.15, 0.2) is 42.5 Å². The van der Waals surface area contributed by atoms with E-state index in [1.54, 1.807) is 6.07 Å². The van der Waals surface area contributed by atoms with Gasteiger partial charge in [0.05, 0.1) is 16.8 Å². The molecule has 106 valence electrons. The van der Waals surface area contributed by atoms with E-state index in [0.717, 1.165) is 12.8 Å². The Morgan fingerprint density at radius 2 is 1.80 bits per heavy atom. The van der Waals surface area contributed by atoms with Crippen LogP contribution in [0.1, 0.15) is 37.4 Å². The number of halogens is 2. The molecule has 3 heteroatoms. The van der Waals surface area contributed by atoms with Gasteiger partial charge in [-0.3, -0.25) is 0 Å². The van der Waals surface area contributed by atoms with E-state index in [-0.39, 0.29) is 11.9 Å². The van der Waals surface area contributed by atoms with Crippen LogP contribution in [-0.4, -0.2) is 0 Å². The topological polar surface area (TPSA) is 12.0 Å². The van der Waals surface area contributed by atoms with Gasteiger partial charge in [0.2, 0.25) is 0 Å². The minimum Gasteiger partial charge on any atom is -0.377 e. The molecule has 2 aromatic carbocycles. The lowest BCUT2D eigenvalue weighted by Crippen LogP contribution is -2.10. The molecule has 0 spiro atoms. The third-order valence-corrected chi connectivity index (χ3v) is 3.79. The van der Waals surface area contributed by atoms with Crippen molar-refractivity contribution in [3.8, 4) is 0 Å². The van der Waals surface area contributed by atoms with Crippen molar-refractivity contribution in [3.63, 3.8) is 0 Å². The fourth-order valence-corrected chi connectivity index (χ4v) is 2.37. The average molecular weight is 292 g/mol. The van der Waals surface area contributed by atoms with Gasteiger partial charge in [0.25, 0.3) is 0 Å². The van der Waals surface area contributed by atoms with Gasteiger partial charge in [0, 0.05) is 0 Å². The van der Waals surface area contributed by atoms with E-state index in [2.05, 4.69) is 43.4 Å². The summed E-state index contributed by atoms with van der Waals surface area (Å²) in [6.45, 7) is 4.23. The van der Waals surface area contributed by atoms with Crippen LogP contribution in [0.5, 0.6) is 0 Å². The van der Waals surface area contributed by atoms with Crippen LogP contribution in [0.2, 0.25) is 5.02 Å². The van der Waals surface area contributed by atoms with Crippen molar-refractivity contribution in [2.24, 2.45) is 0 Å². The summed E-state index contributed by atoms with van der Waals surface area (Å²) in [6.07, 6.45) is 1.93. The lowest BCUT2D eigenvalue weighted by Gasteiger charge is -2.20. The molecule has 1 nitrogen and oxygen atoms in total. The molecular weight excluding hydrogens is 273 g/mol. The van der Waals surface area contributed by atoms with Crippen molar-refractivity contribution in [3.05, 3.63) is 64.4 Å². The Bertz CT molecular complexity index is 566. The lowest BCUT2D eigenvalue weighted by molar-refractivity contribution is 0.627. The first-order valence-electron chi connectivity index (χ1n) is 6.94. The Labute approximate surface area is 124 Å². The van der Waals surface area contributed by atoms with Crippen molar-refractivity contribution in [1.82, 2.24) is 0 Å². The number of aryl methyl sites for hydroxylation is 1. The van der Waals surface area contributed by atoms with Gasteiger partial charge in [0.1, 0.15) is 5.82 Å². The Morgan fingerprint density at radius 3 is 2.40 bits per heavy atom. The number of benzene rings is 2. The first-order valence-corrected chi connectivity index (χ1v) is 7.32. The standard InChI is InChI=1S/C17H19ClFN/c1-3-12-5-7-13(8-6-12)16(4-2)20-17-11-14(19)9-10-15(17)18/h5-11,16,20H,3-4H2,1-2H3. The first kappa shape index (κ1) is 14.9. The zero-order valence-corrected chi connectivity index (χ0v) is 12.5. The Hall–Kier alpha value is -1.54. The predicted molar refractivity (Wildman–Crippen MR) is 83.9 cm³/mol. The summed E-state index contributed by atoms with van der Waals surface area (Å²) >= 11 is 6.10. The number of rotatable bonds is 5. The van der Waals surface area contributed by atoms with Crippen LogP contribution in [0.25, 0.3) is 0 Å². The van der Waals surface area contributed by atoms with E-state index in [1.807, 2.05) is 0 Å². The van der Waals surface area contributed by atoms with E-state index in [9.17, 15) is 4.39 Å². The molecule has 0 amide bonds. The highest BCUT2D eigenvalue weighted by molar-refractivity contribution is 6.33. The molecule has 0 aliphatic carbocycles. The molecule has 2 aromatic rings.